The molecular formula is C13H18N2O4. The molecule has 1 aromatic rings. The highest BCUT2D eigenvalue weighted by Crippen LogP contribution is 2.27. The molecule has 1 aliphatic heterocycles. The number of carbonyl (C=O) groups excluding carboxylic acids is 1. The fraction of sp³-hybridized carbons (Fsp3) is 0.538. The van der Waals surface area contributed by atoms with Crippen molar-refractivity contribution in [2.75, 3.05) is 38.8 Å². The van der Waals surface area contributed by atoms with Gasteiger partial charge in [-0.05, 0) is 19.1 Å². The number of aryl methyl sites for hydroxylation is 1. The third kappa shape index (κ3) is 2.85. The van der Waals surface area contributed by atoms with Crippen molar-refractivity contribution in [1.82, 2.24) is 4.98 Å². The van der Waals surface area contributed by atoms with E-state index in [-0.39, 0.29) is 12.0 Å². The first kappa shape index (κ1) is 13.8. The Hall–Kier alpha value is -1.66. The number of pyridine rings is 1. The molecule has 2 rings (SSSR count). The molecule has 1 aromatic heterocycles. The minimum atomic E-state index is -0.393. The van der Waals surface area contributed by atoms with Gasteiger partial charge in [0.1, 0.15) is 5.82 Å². The predicted octanol–water partition coefficient (Wildman–Crippen LogP) is 0.597. The molecule has 0 unspecified atom stereocenters. The second-order valence-corrected chi connectivity index (χ2v) is 4.83. The molecule has 104 valence electrons. The SMILES string of the molecule is COC(=O)c1ccc(NCC2(CO)COC2)nc1C. The lowest BCUT2D eigenvalue weighted by atomic mass is 9.87. The third-order valence-corrected chi connectivity index (χ3v) is 3.29. The monoisotopic (exact) mass is 266 g/mol. The summed E-state index contributed by atoms with van der Waals surface area (Å²) in [7, 11) is 1.34. The number of anilines is 1. The molecule has 1 saturated heterocycles. The van der Waals surface area contributed by atoms with Crippen molar-refractivity contribution < 1.29 is 19.4 Å². The summed E-state index contributed by atoms with van der Waals surface area (Å²) in [5.41, 5.74) is 0.855. The van der Waals surface area contributed by atoms with Gasteiger partial charge in [-0.25, -0.2) is 9.78 Å². The van der Waals surface area contributed by atoms with Crippen LogP contribution < -0.4 is 5.32 Å². The van der Waals surface area contributed by atoms with Crippen LogP contribution in [-0.4, -0.2) is 49.5 Å². The van der Waals surface area contributed by atoms with Gasteiger partial charge in [0, 0.05) is 6.54 Å². The van der Waals surface area contributed by atoms with Crippen LogP contribution in [0.1, 0.15) is 16.1 Å². The lowest BCUT2D eigenvalue weighted by Crippen LogP contribution is -2.50. The Labute approximate surface area is 111 Å². The van der Waals surface area contributed by atoms with E-state index in [2.05, 4.69) is 15.0 Å². The molecule has 2 N–H and O–H groups in total. The van der Waals surface area contributed by atoms with Crippen LogP contribution in [0.2, 0.25) is 0 Å². The molecule has 6 heteroatoms. The van der Waals surface area contributed by atoms with E-state index in [4.69, 9.17) is 4.74 Å². The van der Waals surface area contributed by atoms with E-state index in [1.165, 1.54) is 7.11 Å². The lowest BCUT2D eigenvalue weighted by molar-refractivity contribution is -0.128. The Morgan fingerprint density at radius 1 is 1.58 bits per heavy atom. The van der Waals surface area contributed by atoms with Crippen LogP contribution in [-0.2, 0) is 9.47 Å². The number of rotatable bonds is 5. The first-order chi connectivity index (χ1) is 9.10. The molecule has 2 heterocycles. The van der Waals surface area contributed by atoms with Gasteiger partial charge in [-0.15, -0.1) is 0 Å². The van der Waals surface area contributed by atoms with Crippen LogP contribution in [0.5, 0.6) is 0 Å². The number of aliphatic hydroxyl groups is 1. The smallest absolute Gasteiger partial charge is 0.339 e. The largest absolute Gasteiger partial charge is 0.465 e. The average molecular weight is 266 g/mol. The molecule has 0 bridgehead atoms. The van der Waals surface area contributed by atoms with E-state index in [0.717, 1.165) is 0 Å². The molecule has 0 atom stereocenters. The van der Waals surface area contributed by atoms with Crippen molar-refractivity contribution in [1.29, 1.82) is 0 Å². The fourth-order valence-electron chi connectivity index (χ4n) is 1.90. The molecule has 0 amide bonds. The lowest BCUT2D eigenvalue weighted by Gasteiger charge is -2.39. The van der Waals surface area contributed by atoms with Crippen LogP contribution >= 0.6 is 0 Å². The first-order valence-corrected chi connectivity index (χ1v) is 6.09. The van der Waals surface area contributed by atoms with E-state index in [1.807, 2.05) is 0 Å². The highest BCUT2D eigenvalue weighted by Gasteiger charge is 2.37. The standard InChI is InChI=1S/C13H18N2O4/c1-9-10(12(17)18-2)3-4-11(15-9)14-5-13(6-16)7-19-8-13/h3-4,16H,5-8H2,1-2H3,(H,14,15). The summed E-state index contributed by atoms with van der Waals surface area (Å²) in [6, 6.07) is 3.41. The first-order valence-electron chi connectivity index (χ1n) is 6.09. The van der Waals surface area contributed by atoms with E-state index in [1.54, 1.807) is 19.1 Å². The minimum absolute atomic E-state index is 0.0826. The molecule has 0 aliphatic carbocycles. The van der Waals surface area contributed by atoms with E-state index < -0.39 is 5.97 Å². The second kappa shape index (κ2) is 5.54. The van der Waals surface area contributed by atoms with Crippen LogP contribution in [0.25, 0.3) is 0 Å². The van der Waals surface area contributed by atoms with Crippen molar-refractivity contribution in [2.45, 2.75) is 6.92 Å². The predicted molar refractivity (Wildman–Crippen MR) is 69.1 cm³/mol. The summed E-state index contributed by atoms with van der Waals surface area (Å²) >= 11 is 0. The van der Waals surface area contributed by atoms with Gasteiger partial charge in [-0.3, -0.25) is 0 Å². The zero-order chi connectivity index (χ0) is 13.9. The quantitative estimate of drug-likeness (QED) is 0.760. The van der Waals surface area contributed by atoms with Gasteiger partial charge < -0.3 is 19.9 Å². The van der Waals surface area contributed by atoms with Gasteiger partial charge >= 0.3 is 5.97 Å². The van der Waals surface area contributed by atoms with Crippen molar-refractivity contribution in [3.8, 4) is 0 Å². The second-order valence-electron chi connectivity index (χ2n) is 4.83. The maximum absolute atomic E-state index is 11.4. The van der Waals surface area contributed by atoms with E-state index in [0.29, 0.717) is 36.8 Å². The van der Waals surface area contributed by atoms with Crippen molar-refractivity contribution in [3.63, 3.8) is 0 Å². The molecule has 0 spiro atoms. The molecule has 19 heavy (non-hydrogen) atoms. The maximum Gasteiger partial charge on any atom is 0.339 e. The zero-order valence-electron chi connectivity index (χ0n) is 11.1. The van der Waals surface area contributed by atoms with Crippen molar-refractivity contribution in [2.24, 2.45) is 5.41 Å². The maximum atomic E-state index is 11.4. The van der Waals surface area contributed by atoms with Crippen molar-refractivity contribution in [3.05, 3.63) is 23.4 Å². The number of aliphatic hydroxyl groups excluding tert-OH is 1. The zero-order valence-corrected chi connectivity index (χ0v) is 11.1. The normalized spacial score (nSPS) is 16.6. The Kier molecular flexibility index (Phi) is 4.01. The number of carbonyl (C=O) groups is 1. The summed E-state index contributed by atoms with van der Waals surface area (Å²) in [5.74, 6) is 0.278. The van der Waals surface area contributed by atoms with Crippen LogP contribution in [0.15, 0.2) is 12.1 Å². The number of hydrogen-bond donors (Lipinski definition) is 2. The number of nitrogens with one attached hydrogen (secondary N) is 1. The van der Waals surface area contributed by atoms with E-state index in [9.17, 15) is 9.90 Å². The van der Waals surface area contributed by atoms with Crippen LogP contribution in [0, 0.1) is 12.3 Å². The van der Waals surface area contributed by atoms with Gasteiger partial charge in [-0.1, -0.05) is 0 Å². The Bertz CT molecular complexity index is 466. The number of methoxy groups -OCH3 is 1. The Balaban J connectivity index is 2.02. The molecule has 0 saturated carbocycles. The number of esters is 1. The third-order valence-electron chi connectivity index (χ3n) is 3.29. The summed E-state index contributed by atoms with van der Waals surface area (Å²) < 4.78 is 9.79. The summed E-state index contributed by atoms with van der Waals surface area (Å²) in [6.07, 6.45) is 0. The van der Waals surface area contributed by atoms with Crippen molar-refractivity contribution >= 4 is 11.8 Å². The van der Waals surface area contributed by atoms with Gasteiger partial charge in [0.15, 0.2) is 0 Å². The topological polar surface area (TPSA) is 80.7 Å². The van der Waals surface area contributed by atoms with Crippen LogP contribution in [0.3, 0.4) is 0 Å². The fourth-order valence-corrected chi connectivity index (χ4v) is 1.90. The summed E-state index contributed by atoms with van der Waals surface area (Å²) in [5, 5.41) is 12.5. The van der Waals surface area contributed by atoms with Gasteiger partial charge in [0.25, 0.3) is 0 Å². The average Bonchev–Trinajstić information content (AvgIpc) is 2.37. The number of nitrogens with zero attached hydrogens (tertiary/aromatic N) is 1. The molecular weight excluding hydrogens is 248 g/mol. The van der Waals surface area contributed by atoms with Gasteiger partial charge in [0.2, 0.25) is 0 Å². The van der Waals surface area contributed by atoms with Crippen LogP contribution in [0.4, 0.5) is 5.82 Å². The highest BCUT2D eigenvalue weighted by atomic mass is 16.5. The molecule has 0 aromatic carbocycles. The Morgan fingerprint density at radius 3 is 2.79 bits per heavy atom. The number of aromatic nitrogens is 1. The molecule has 1 fully saturated rings. The van der Waals surface area contributed by atoms with E-state index >= 15 is 0 Å². The van der Waals surface area contributed by atoms with Gasteiger partial charge in [-0.2, -0.15) is 0 Å². The van der Waals surface area contributed by atoms with Gasteiger partial charge in [0.05, 0.1) is 43.6 Å². The minimum Gasteiger partial charge on any atom is -0.465 e. The Morgan fingerprint density at radius 2 is 2.32 bits per heavy atom. The number of ether oxygens (including phenoxy) is 2. The summed E-state index contributed by atoms with van der Waals surface area (Å²) in [4.78, 5) is 15.7. The molecule has 6 nitrogen and oxygen atoms in total. The molecule has 0 radical (unpaired) electrons. The number of hydrogen-bond acceptors (Lipinski definition) is 6. The summed E-state index contributed by atoms with van der Waals surface area (Å²) in [6.45, 7) is 3.53. The highest BCUT2D eigenvalue weighted by molar-refractivity contribution is 5.90. The molecule has 1 aliphatic rings.